The second kappa shape index (κ2) is 10.4. The van der Waals surface area contributed by atoms with Crippen molar-refractivity contribution in [3.8, 4) is 0 Å². The fraction of sp³-hybridized carbons (Fsp3) is 0.0526. The van der Waals surface area contributed by atoms with Crippen molar-refractivity contribution in [3.63, 3.8) is 0 Å². The highest BCUT2D eigenvalue weighted by molar-refractivity contribution is 7.51. The fourth-order valence-corrected chi connectivity index (χ4v) is 2.21. The molecule has 0 fully saturated rings. The summed E-state index contributed by atoms with van der Waals surface area (Å²) in [5, 5.41) is 20.6. The summed E-state index contributed by atoms with van der Waals surface area (Å²) in [6.07, 6.45) is 1.72. The Labute approximate surface area is 164 Å². The summed E-state index contributed by atoms with van der Waals surface area (Å²) in [4.78, 5) is 15.4. The Morgan fingerprint density at radius 1 is 1.00 bits per heavy atom. The van der Waals surface area contributed by atoms with Crippen molar-refractivity contribution in [2.75, 3.05) is 5.32 Å². The zero-order chi connectivity index (χ0) is 20.4. The van der Waals surface area contributed by atoms with Gasteiger partial charge in [-0.2, -0.15) is 18.6 Å². The molecule has 0 unspecified atom stereocenters. The van der Waals surface area contributed by atoms with Crippen molar-refractivity contribution in [3.05, 3.63) is 78.0 Å². The van der Waals surface area contributed by atoms with E-state index in [0.29, 0.717) is 16.9 Å². The molecule has 1 heterocycles. The monoisotopic (exact) mass is 396 g/mol. The number of carboxylic acid groups (broad SMARTS) is 1. The third-order valence-corrected chi connectivity index (χ3v) is 3.54. The van der Waals surface area contributed by atoms with Gasteiger partial charge in [-0.1, -0.05) is 12.1 Å². The molecular formula is C19H16N4O4S. The smallest absolute Gasteiger partial charge is 0.336 e. The Morgan fingerprint density at radius 3 is 2.25 bits per heavy atom. The Balaban J connectivity index is 0.000000878. The van der Waals surface area contributed by atoms with E-state index >= 15 is 0 Å². The number of benzene rings is 2. The SMILES string of the molecule is Cc1ccc(N=Nc2ccc(Nc3ccccn3)cc2)cc1C(=O)O.O=S=O. The van der Waals surface area contributed by atoms with Gasteiger partial charge >= 0.3 is 17.5 Å². The van der Waals surface area contributed by atoms with Crippen LogP contribution in [0.1, 0.15) is 15.9 Å². The summed E-state index contributed by atoms with van der Waals surface area (Å²) in [6.45, 7) is 1.75. The Bertz CT molecular complexity index is 1000. The average molecular weight is 396 g/mol. The van der Waals surface area contributed by atoms with Gasteiger partial charge in [0.05, 0.1) is 16.9 Å². The summed E-state index contributed by atoms with van der Waals surface area (Å²) in [7, 11) is 0. The molecule has 8 nitrogen and oxygen atoms in total. The topological polar surface area (TPSA) is 121 Å². The standard InChI is InChI=1S/C19H16N4O2.O2S/c1-13-5-6-16(12-17(13)19(24)25)23-22-15-9-7-14(8-10-15)21-18-4-2-3-11-20-18;1-3-2/h2-12H,1H3,(H,20,21)(H,24,25);. The lowest BCUT2D eigenvalue weighted by molar-refractivity contribution is 0.0696. The first-order chi connectivity index (χ1) is 13.5. The third kappa shape index (κ3) is 6.22. The summed E-state index contributed by atoms with van der Waals surface area (Å²) >= 11 is -0.750. The molecule has 0 saturated heterocycles. The number of carbonyl (C=O) groups is 1. The fourth-order valence-electron chi connectivity index (χ4n) is 2.21. The van der Waals surface area contributed by atoms with Crippen LogP contribution in [0.25, 0.3) is 0 Å². The molecule has 3 aromatic rings. The Hall–Kier alpha value is -3.72. The predicted molar refractivity (Wildman–Crippen MR) is 105 cm³/mol. The molecule has 1 aromatic heterocycles. The van der Waals surface area contributed by atoms with E-state index in [1.165, 1.54) is 6.07 Å². The van der Waals surface area contributed by atoms with Gasteiger partial charge in [0.1, 0.15) is 5.82 Å². The molecule has 0 aliphatic rings. The highest BCUT2D eigenvalue weighted by atomic mass is 32.1. The number of anilines is 2. The maximum Gasteiger partial charge on any atom is 0.336 e. The molecule has 142 valence electrons. The molecule has 0 bridgehead atoms. The van der Waals surface area contributed by atoms with E-state index in [0.717, 1.165) is 11.5 Å². The zero-order valence-electron chi connectivity index (χ0n) is 14.8. The molecule has 2 N–H and O–H groups in total. The number of aryl methyl sites for hydroxylation is 1. The summed E-state index contributed by atoms with van der Waals surface area (Å²) in [5.41, 5.74) is 2.98. The van der Waals surface area contributed by atoms with Gasteiger partial charge in [-0.15, -0.1) is 0 Å². The summed E-state index contributed by atoms with van der Waals surface area (Å²) in [5.74, 6) is -0.211. The largest absolute Gasteiger partial charge is 0.478 e. The van der Waals surface area contributed by atoms with Crippen LogP contribution in [-0.4, -0.2) is 24.5 Å². The highest BCUT2D eigenvalue weighted by Crippen LogP contribution is 2.23. The van der Waals surface area contributed by atoms with Gasteiger partial charge in [0.25, 0.3) is 0 Å². The van der Waals surface area contributed by atoms with Crippen LogP contribution in [0, 0.1) is 6.92 Å². The van der Waals surface area contributed by atoms with E-state index in [2.05, 4.69) is 20.5 Å². The van der Waals surface area contributed by atoms with Gasteiger partial charge in [-0.05, 0) is 61.0 Å². The van der Waals surface area contributed by atoms with E-state index < -0.39 is 17.5 Å². The lowest BCUT2D eigenvalue weighted by Gasteiger charge is -2.04. The molecule has 0 spiro atoms. The van der Waals surface area contributed by atoms with E-state index in [9.17, 15) is 4.79 Å². The minimum absolute atomic E-state index is 0.228. The van der Waals surface area contributed by atoms with Crippen LogP contribution in [0.4, 0.5) is 22.9 Å². The van der Waals surface area contributed by atoms with Gasteiger partial charge < -0.3 is 10.4 Å². The minimum Gasteiger partial charge on any atom is -0.478 e. The second-order valence-corrected chi connectivity index (χ2v) is 5.60. The quantitative estimate of drug-likeness (QED) is 0.609. The molecular weight excluding hydrogens is 380 g/mol. The van der Waals surface area contributed by atoms with Crippen LogP contribution in [0.2, 0.25) is 0 Å². The average Bonchev–Trinajstić information content (AvgIpc) is 2.70. The van der Waals surface area contributed by atoms with Crippen LogP contribution >= 0.6 is 0 Å². The number of pyridine rings is 1. The normalized spacial score (nSPS) is 10.0. The van der Waals surface area contributed by atoms with Gasteiger partial charge in [-0.3, -0.25) is 0 Å². The molecule has 0 amide bonds. The van der Waals surface area contributed by atoms with Crippen molar-refractivity contribution < 1.29 is 18.3 Å². The van der Waals surface area contributed by atoms with Gasteiger partial charge in [0.2, 0.25) is 0 Å². The molecule has 0 atom stereocenters. The number of aromatic nitrogens is 1. The lowest BCUT2D eigenvalue weighted by Crippen LogP contribution is -1.98. The number of aromatic carboxylic acids is 1. The van der Waals surface area contributed by atoms with E-state index in [4.69, 9.17) is 13.5 Å². The lowest BCUT2D eigenvalue weighted by atomic mass is 10.1. The number of azo groups is 1. The van der Waals surface area contributed by atoms with Gasteiger partial charge in [-0.25, -0.2) is 9.78 Å². The zero-order valence-corrected chi connectivity index (χ0v) is 15.6. The predicted octanol–water partition coefficient (Wildman–Crippen LogP) is 4.58. The number of carboxylic acids is 1. The molecule has 0 saturated carbocycles. The molecule has 28 heavy (non-hydrogen) atoms. The van der Waals surface area contributed by atoms with Crippen molar-refractivity contribution in [2.45, 2.75) is 6.92 Å². The van der Waals surface area contributed by atoms with Crippen molar-refractivity contribution in [1.82, 2.24) is 4.98 Å². The number of rotatable bonds is 5. The van der Waals surface area contributed by atoms with Crippen molar-refractivity contribution in [2.24, 2.45) is 10.2 Å². The first kappa shape index (κ1) is 20.6. The second-order valence-electron chi connectivity index (χ2n) is 5.46. The minimum atomic E-state index is -0.973. The van der Waals surface area contributed by atoms with E-state index in [-0.39, 0.29) is 5.56 Å². The maximum absolute atomic E-state index is 11.2. The first-order valence-electron chi connectivity index (χ1n) is 7.99. The highest BCUT2D eigenvalue weighted by Gasteiger charge is 2.07. The first-order valence-corrected chi connectivity index (χ1v) is 8.65. The van der Waals surface area contributed by atoms with Gasteiger partial charge in [0.15, 0.2) is 0 Å². The van der Waals surface area contributed by atoms with Crippen LogP contribution in [-0.2, 0) is 11.6 Å². The summed E-state index contributed by atoms with van der Waals surface area (Å²) < 4.78 is 16.6. The van der Waals surface area contributed by atoms with E-state index in [1.807, 2.05) is 42.5 Å². The molecule has 2 aromatic carbocycles. The summed E-state index contributed by atoms with van der Waals surface area (Å²) in [6, 6.07) is 18.0. The third-order valence-electron chi connectivity index (χ3n) is 3.54. The Kier molecular flexibility index (Phi) is 7.67. The number of hydrogen-bond acceptors (Lipinski definition) is 7. The number of nitrogens with one attached hydrogen (secondary N) is 1. The number of nitrogens with zero attached hydrogens (tertiary/aromatic N) is 3. The molecule has 9 heteroatoms. The number of hydrogen-bond donors (Lipinski definition) is 2. The van der Waals surface area contributed by atoms with Crippen LogP contribution in [0.3, 0.4) is 0 Å². The Morgan fingerprint density at radius 2 is 1.64 bits per heavy atom. The van der Waals surface area contributed by atoms with Crippen LogP contribution in [0.15, 0.2) is 77.1 Å². The van der Waals surface area contributed by atoms with E-state index in [1.54, 1.807) is 25.3 Å². The van der Waals surface area contributed by atoms with Crippen molar-refractivity contribution in [1.29, 1.82) is 0 Å². The maximum atomic E-state index is 11.2. The van der Waals surface area contributed by atoms with Crippen LogP contribution < -0.4 is 5.32 Å². The molecule has 3 rings (SSSR count). The van der Waals surface area contributed by atoms with Gasteiger partial charge in [0, 0.05) is 11.9 Å². The molecule has 0 aliphatic carbocycles. The van der Waals surface area contributed by atoms with Crippen LogP contribution in [0.5, 0.6) is 0 Å². The molecule has 0 radical (unpaired) electrons. The van der Waals surface area contributed by atoms with Crippen molar-refractivity contribution >= 4 is 40.4 Å². The molecule has 0 aliphatic heterocycles.